The molecule has 1 aliphatic rings. The molecule has 0 aliphatic heterocycles. The zero-order valence-electron chi connectivity index (χ0n) is 35.3. The van der Waals surface area contributed by atoms with Gasteiger partial charge in [-0.1, -0.05) is 154 Å². The summed E-state index contributed by atoms with van der Waals surface area (Å²) in [5.74, 6) is 0. The first-order chi connectivity index (χ1) is 28.4. The van der Waals surface area contributed by atoms with Crippen LogP contribution >= 0.6 is 0 Å². The second-order valence-electron chi connectivity index (χ2n) is 15.0. The van der Waals surface area contributed by atoms with Gasteiger partial charge in [0.1, 0.15) is 0 Å². The van der Waals surface area contributed by atoms with E-state index in [-0.39, 0.29) is 0 Å². The topological polar surface area (TPSA) is 9.86 Å². The molecular weight excluding hydrogens is 701 g/mol. The van der Waals surface area contributed by atoms with Gasteiger partial charge in [0.15, 0.2) is 0 Å². The van der Waals surface area contributed by atoms with Crippen molar-refractivity contribution in [2.45, 2.75) is 67.7 Å². The van der Waals surface area contributed by atoms with Crippen molar-refractivity contribution in [1.29, 1.82) is 0 Å². The van der Waals surface area contributed by atoms with Crippen molar-refractivity contribution in [3.63, 3.8) is 0 Å². The van der Waals surface area contributed by atoms with Crippen LogP contribution in [0.2, 0.25) is 0 Å². The van der Waals surface area contributed by atoms with E-state index in [1.807, 2.05) is 13.8 Å². The molecule has 2 aromatic heterocycles. The zero-order chi connectivity index (χ0) is 40.8. The zero-order valence-corrected chi connectivity index (χ0v) is 35.3. The Labute approximate surface area is 345 Å². The van der Waals surface area contributed by atoms with E-state index in [1.54, 1.807) is 0 Å². The highest BCUT2D eigenvalue weighted by Gasteiger charge is 2.30. The van der Waals surface area contributed by atoms with Crippen LogP contribution in [0.5, 0.6) is 0 Å². The summed E-state index contributed by atoms with van der Waals surface area (Å²) >= 11 is 0. The van der Waals surface area contributed by atoms with Crippen LogP contribution < -0.4 is 0 Å². The molecule has 0 fully saturated rings. The molecule has 2 nitrogen and oxygen atoms in total. The van der Waals surface area contributed by atoms with Crippen LogP contribution in [-0.2, 0) is 6.42 Å². The molecule has 0 spiro atoms. The molecule has 2 heteroatoms. The van der Waals surface area contributed by atoms with Gasteiger partial charge >= 0.3 is 0 Å². The molecule has 0 amide bonds. The van der Waals surface area contributed by atoms with Crippen LogP contribution in [0.1, 0.15) is 78.1 Å². The van der Waals surface area contributed by atoms with E-state index in [0.717, 1.165) is 24.8 Å². The highest BCUT2D eigenvalue weighted by Crippen LogP contribution is 2.47. The van der Waals surface area contributed by atoms with E-state index >= 15 is 0 Å². The average Bonchev–Trinajstić information content (AvgIpc) is 3.89. The molecule has 0 N–H and O–H groups in total. The molecule has 0 radical (unpaired) electrons. The normalized spacial score (nSPS) is 13.1. The van der Waals surface area contributed by atoms with Crippen LogP contribution in [0.4, 0.5) is 0 Å². The number of nitrogens with zero attached hydrogens (tertiary/aromatic N) is 2. The van der Waals surface area contributed by atoms with E-state index in [0.29, 0.717) is 0 Å². The molecule has 0 bridgehead atoms. The number of para-hydroxylation sites is 2. The lowest BCUT2D eigenvalue weighted by Gasteiger charge is -2.13. The molecule has 58 heavy (non-hydrogen) atoms. The minimum Gasteiger partial charge on any atom is -0.313 e. The Morgan fingerprint density at radius 1 is 0.638 bits per heavy atom. The van der Waals surface area contributed by atoms with Crippen molar-refractivity contribution in [2.75, 3.05) is 0 Å². The Morgan fingerprint density at radius 2 is 1.28 bits per heavy atom. The fourth-order valence-corrected chi connectivity index (χ4v) is 8.50. The van der Waals surface area contributed by atoms with Gasteiger partial charge in [0, 0.05) is 45.2 Å². The Balaban J connectivity index is 0.00000252. The summed E-state index contributed by atoms with van der Waals surface area (Å²) in [4.78, 5) is 0. The molecule has 0 atom stereocenters. The molecule has 0 unspecified atom stereocenters. The predicted molar refractivity (Wildman–Crippen MR) is 255 cm³/mol. The Bertz CT molecular complexity index is 2800. The molecule has 2 heterocycles. The van der Waals surface area contributed by atoms with Gasteiger partial charge < -0.3 is 9.13 Å². The first kappa shape index (κ1) is 39.8. The molecule has 0 saturated heterocycles. The standard InChI is InChI=1S/C54H50N2.C2H6/c1-7-10-12-19-38(6)53-43(18-9-3)36-52-54(53)48-35-42(29-33-51(48)56(52)45-30-26-40(27-31-45)39(17-8-2)25-24-37(4)5)41-28-32-50-47(34-41)46-22-15-16-23-49(46)55(50)44-20-13-11-14-21-44;1-2/h7-8,10-17,19-35H,6,9,18,36H2,1-5H3;1-2H3/b10-7-,17-8-,19-12-,39-25+;. The second-order valence-corrected chi connectivity index (χ2v) is 15.0. The van der Waals surface area contributed by atoms with Crippen LogP contribution in [0.15, 0.2) is 187 Å². The lowest BCUT2D eigenvalue weighted by Crippen LogP contribution is -2.00. The van der Waals surface area contributed by atoms with Gasteiger partial charge in [0.25, 0.3) is 0 Å². The maximum absolute atomic E-state index is 4.67. The van der Waals surface area contributed by atoms with Crippen LogP contribution in [0.25, 0.3) is 66.4 Å². The third kappa shape index (κ3) is 7.55. The number of hydrogen-bond acceptors (Lipinski definition) is 0. The first-order valence-corrected chi connectivity index (χ1v) is 21.0. The summed E-state index contributed by atoms with van der Waals surface area (Å²) in [5.41, 5.74) is 18.6. The molecule has 1 aliphatic carbocycles. The van der Waals surface area contributed by atoms with Crippen LogP contribution in [-0.4, -0.2) is 9.13 Å². The van der Waals surface area contributed by atoms with Crippen molar-refractivity contribution in [1.82, 2.24) is 9.13 Å². The fourth-order valence-electron chi connectivity index (χ4n) is 8.50. The highest BCUT2D eigenvalue weighted by atomic mass is 15.0. The summed E-state index contributed by atoms with van der Waals surface area (Å²) < 4.78 is 4.89. The number of fused-ring (bicyclic) bond motifs is 6. The smallest absolute Gasteiger partial charge is 0.0541 e. The van der Waals surface area contributed by atoms with Crippen molar-refractivity contribution in [3.8, 4) is 22.5 Å². The largest absolute Gasteiger partial charge is 0.313 e. The van der Waals surface area contributed by atoms with Gasteiger partial charge in [-0.2, -0.15) is 0 Å². The van der Waals surface area contributed by atoms with Gasteiger partial charge in [-0.25, -0.2) is 0 Å². The second kappa shape index (κ2) is 17.8. The quantitative estimate of drug-likeness (QED) is 0.116. The van der Waals surface area contributed by atoms with E-state index < -0.39 is 0 Å². The predicted octanol–water partition coefficient (Wildman–Crippen LogP) is 16.1. The minimum atomic E-state index is 0.913. The van der Waals surface area contributed by atoms with E-state index in [4.69, 9.17) is 0 Å². The molecular formula is C56H56N2. The Hall–Kier alpha value is -6.38. The van der Waals surface area contributed by atoms with Gasteiger partial charge in [0.05, 0.1) is 16.6 Å². The minimum absolute atomic E-state index is 0.913. The Morgan fingerprint density at radius 3 is 1.95 bits per heavy atom. The molecule has 290 valence electrons. The fraction of sp³-hybridized carbons (Fsp3) is 0.179. The van der Waals surface area contributed by atoms with E-state index in [9.17, 15) is 0 Å². The lowest BCUT2D eigenvalue weighted by atomic mass is 9.93. The summed E-state index contributed by atoms with van der Waals surface area (Å²) in [6.07, 6.45) is 20.2. The number of rotatable bonds is 11. The van der Waals surface area contributed by atoms with Crippen LogP contribution in [0.3, 0.4) is 0 Å². The SMILES string of the molecule is C=C(/C=C\C=C/C)C1=C(CCC)Cc2c1c1cc(-c3ccc4c(c3)c3ccccc3n4-c3ccccc3)ccc1n2-c1ccc(C(/C=C\C)=C/C=C(C)C)cc1.CC. The van der Waals surface area contributed by atoms with Crippen LogP contribution in [0, 0.1) is 0 Å². The molecule has 7 aromatic rings. The summed E-state index contributed by atoms with van der Waals surface area (Å²) in [7, 11) is 0. The van der Waals surface area contributed by atoms with Crippen molar-refractivity contribution >= 4 is 43.9 Å². The van der Waals surface area contributed by atoms with E-state index in [1.165, 1.54) is 94.3 Å². The first-order valence-electron chi connectivity index (χ1n) is 21.0. The summed E-state index contributed by atoms with van der Waals surface area (Å²) in [5, 5.41) is 3.79. The number of hydrogen-bond donors (Lipinski definition) is 0. The molecule has 8 rings (SSSR count). The summed E-state index contributed by atoms with van der Waals surface area (Å²) in [6.45, 7) is 19.4. The highest BCUT2D eigenvalue weighted by molar-refractivity contribution is 6.11. The maximum Gasteiger partial charge on any atom is 0.0541 e. The van der Waals surface area contributed by atoms with Gasteiger partial charge in [-0.3, -0.25) is 0 Å². The van der Waals surface area contributed by atoms with Gasteiger partial charge in [-0.05, 0) is 122 Å². The number of aromatic nitrogens is 2. The van der Waals surface area contributed by atoms with Crippen molar-refractivity contribution in [3.05, 3.63) is 204 Å². The average molecular weight is 757 g/mol. The maximum atomic E-state index is 4.67. The van der Waals surface area contributed by atoms with Crippen molar-refractivity contribution in [2.24, 2.45) is 0 Å². The molecule has 0 saturated carbocycles. The summed E-state index contributed by atoms with van der Waals surface area (Å²) in [6, 6.07) is 42.6. The third-order valence-electron chi connectivity index (χ3n) is 10.9. The Kier molecular flexibility index (Phi) is 12.2. The monoisotopic (exact) mass is 756 g/mol. The number of benzene rings is 5. The van der Waals surface area contributed by atoms with E-state index in [2.05, 4.69) is 214 Å². The third-order valence-corrected chi connectivity index (χ3v) is 10.9. The molecule has 5 aromatic carbocycles. The lowest BCUT2D eigenvalue weighted by molar-refractivity contribution is 0.864. The number of allylic oxidation sites excluding steroid dienone is 13. The van der Waals surface area contributed by atoms with Crippen molar-refractivity contribution < 1.29 is 0 Å². The van der Waals surface area contributed by atoms with Gasteiger partial charge in [-0.15, -0.1) is 0 Å². The van der Waals surface area contributed by atoms with Gasteiger partial charge in [0.2, 0.25) is 0 Å².